The quantitative estimate of drug-likeness (QED) is 0.685. The summed E-state index contributed by atoms with van der Waals surface area (Å²) in [6.45, 7) is 9.33. The van der Waals surface area contributed by atoms with E-state index in [1.807, 2.05) is 0 Å². The van der Waals surface area contributed by atoms with Gasteiger partial charge >= 0.3 is 0 Å². The van der Waals surface area contributed by atoms with Crippen LogP contribution in [0.4, 0.5) is 0 Å². The van der Waals surface area contributed by atoms with E-state index >= 15 is 0 Å². The first-order chi connectivity index (χ1) is 14.2. The summed E-state index contributed by atoms with van der Waals surface area (Å²) in [7, 11) is 0. The van der Waals surface area contributed by atoms with E-state index in [9.17, 15) is 19.8 Å². The molecule has 2 N–H and O–H groups in total. The van der Waals surface area contributed by atoms with Crippen LogP contribution >= 0.6 is 0 Å². The first-order valence-corrected chi connectivity index (χ1v) is 12.5. The van der Waals surface area contributed by atoms with Crippen molar-refractivity contribution >= 4 is 11.6 Å². The van der Waals surface area contributed by atoms with Crippen LogP contribution in [0.1, 0.15) is 91.9 Å². The summed E-state index contributed by atoms with van der Waals surface area (Å²) in [5, 5.41) is 18.6. The second-order valence-electron chi connectivity index (χ2n) is 11.4. The summed E-state index contributed by atoms with van der Waals surface area (Å²) in [5.74, 6) is 3.37. The number of fused-ring (bicyclic) bond motifs is 2. The minimum Gasteiger partial charge on any atom is -0.396 e. The smallest absolute Gasteiger partial charge is 0.136 e. The van der Waals surface area contributed by atoms with Crippen molar-refractivity contribution in [3.8, 4) is 0 Å². The zero-order chi connectivity index (χ0) is 22.1. The van der Waals surface area contributed by atoms with Crippen molar-refractivity contribution in [2.45, 2.75) is 91.9 Å². The third-order valence-electron chi connectivity index (χ3n) is 9.82. The summed E-state index contributed by atoms with van der Waals surface area (Å²) < 4.78 is 0. The highest BCUT2D eigenvalue weighted by atomic mass is 16.3. The number of ketones is 2. The first-order valence-electron chi connectivity index (χ1n) is 12.5. The number of hydrogen-bond acceptors (Lipinski definition) is 4. The predicted molar refractivity (Wildman–Crippen MR) is 119 cm³/mol. The summed E-state index contributed by atoms with van der Waals surface area (Å²) in [4.78, 5) is 23.7. The van der Waals surface area contributed by atoms with Crippen LogP contribution in [0.25, 0.3) is 0 Å². The zero-order valence-electron chi connectivity index (χ0n) is 19.7. The molecule has 172 valence electrons. The van der Waals surface area contributed by atoms with E-state index in [0.717, 1.165) is 51.4 Å². The molecular formula is C26H44O4. The standard InChI is InChI=1S/2C13H22O2/c2*1-9(8-14)10-5-6-11-12(15)4-3-7-13(10,11)2/h2*9-11,14H,3-8H2,1-2H3/t9-,10+,11?,13+;9-,10-,11?,13-/m01/s1. The highest BCUT2D eigenvalue weighted by molar-refractivity contribution is 5.83. The lowest BCUT2D eigenvalue weighted by Gasteiger charge is -2.41. The monoisotopic (exact) mass is 420 g/mol. The minimum absolute atomic E-state index is 0.192. The van der Waals surface area contributed by atoms with Crippen LogP contribution < -0.4 is 0 Å². The van der Waals surface area contributed by atoms with Gasteiger partial charge in [0, 0.05) is 37.9 Å². The van der Waals surface area contributed by atoms with Crippen molar-refractivity contribution in [2.24, 2.45) is 46.3 Å². The molecule has 0 radical (unpaired) electrons. The van der Waals surface area contributed by atoms with Gasteiger partial charge in [-0.25, -0.2) is 0 Å². The van der Waals surface area contributed by atoms with E-state index in [0.29, 0.717) is 47.1 Å². The molecule has 4 heteroatoms. The number of aliphatic hydroxyl groups is 2. The summed E-state index contributed by atoms with van der Waals surface area (Å²) in [5.41, 5.74) is 0.384. The molecule has 0 saturated heterocycles. The Morgan fingerprint density at radius 3 is 1.47 bits per heavy atom. The topological polar surface area (TPSA) is 74.6 Å². The number of aliphatic hydroxyl groups excluding tert-OH is 2. The van der Waals surface area contributed by atoms with E-state index in [2.05, 4.69) is 27.7 Å². The molecule has 4 nitrogen and oxygen atoms in total. The molecule has 0 amide bonds. The summed E-state index contributed by atoms with van der Waals surface area (Å²) in [6, 6.07) is 0. The molecule has 0 spiro atoms. The molecule has 4 rings (SSSR count). The average Bonchev–Trinajstić information content (AvgIpc) is 3.26. The van der Waals surface area contributed by atoms with Crippen molar-refractivity contribution in [3.63, 3.8) is 0 Å². The predicted octanol–water partition coefficient (Wildman–Crippen LogP) is 4.80. The van der Waals surface area contributed by atoms with E-state index < -0.39 is 0 Å². The number of carbonyl (C=O) groups is 2. The van der Waals surface area contributed by atoms with Gasteiger partial charge in [-0.1, -0.05) is 27.7 Å². The van der Waals surface area contributed by atoms with E-state index in [4.69, 9.17) is 0 Å². The lowest BCUT2D eigenvalue weighted by molar-refractivity contribution is -0.131. The molecule has 30 heavy (non-hydrogen) atoms. The van der Waals surface area contributed by atoms with Gasteiger partial charge in [0.25, 0.3) is 0 Å². The SMILES string of the molecule is C[C@@H](CO)[C@H]1CCC2C(=O)CCC[C@@]21C.C[C@H](CO)[C@H]1CCC2C(=O)CCC[C@@]21C. The van der Waals surface area contributed by atoms with E-state index in [-0.39, 0.29) is 24.0 Å². The first kappa shape index (κ1) is 23.9. The molecule has 0 bridgehead atoms. The number of Topliss-reactive ketones (excluding diaryl/α,β-unsaturated/α-hetero) is 2. The molecule has 4 aliphatic rings. The molecule has 0 aromatic rings. The van der Waals surface area contributed by atoms with Crippen molar-refractivity contribution in [3.05, 3.63) is 0 Å². The van der Waals surface area contributed by atoms with Crippen LogP contribution in [0.2, 0.25) is 0 Å². The second-order valence-corrected chi connectivity index (χ2v) is 11.4. The Morgan fingerprint density at radius 2 is 1.13 bits per heavy atom. The molecule has 4 fully saturated rings. The Balaban J connectivity index is 0.000000171. The molecule has 0 heterocycles. The van der Waals surface area contributed by atoms with Crippen LogP contribution in [0.5, 0.6) is 0 Å². The van der Waals surface area contributed by atoms with E-state index in [1.54, 1.807) is 0 Å². The molecule has 0 aliphatic heterocycles. The summed E-state index contributed by atoms with van der Waals surface area (Å²) >= 11 is 0. The van der Waals surface area contributed by atoms with Crippen LogP contribution in [-0.2, 0) is 9.59 Å². The Kier molecular flexibility index (Phi) is 7.49. The van der Waals surface area contributed by atoms with Crippen molar-refractivity contribution in [1.82, 2.24) is 0 Å². The van der Waals surface area contributed by atoms with Crippen LogP contribution in [0.3, 0.4) is 0 Å². The van der Waals surface area contributed by atoms with Gasteiger partial charge < -0.3 is 10.2 Å². The molecule has 2 unspecified atom stereocenters. The molecule has 8 atom stereocenters. The number of rotatable bonds is 4. The van der Waals surface area contributed by atoms with Gasteiger partial charge in [0.05, 0.1) is 0 Å². The third kappa shape index (κ3) is 4.16. The molecular weight excluding hydrogens is 376 g/mol. The summed E-state index contributed by atoms with van der Waals surface area (Å²) in [6.07, 6.45) is 10.4. The van der Waals surface area contributed by atoms with Gasteiger partial charge in [0.15, 0.2) is 0 Å². The largest absolute Gasteiger partial charge is 0.396 e. The second kappa shape index (κ2) is 9.40. The Morgan fingerprint density at radius 1 is 0.767 bits per heavy atom. The lowest BCUT2D eigenvalue weighted by Crippen LogP contribution is -2.39. The minimum atomic E-state index is 0.192. The maximum Gasteiger partial charge on any atom is 0.136 e. The molecule has 0 aromatic heterocycles. The molecule has 4 saturated carbocycles. The number of carbonyl (C=O) groups excluding carboxylic acids is 2. The normalized spacial score (nSPS) is 42.7. The van der Waals surface area contributed by atoms with Crippen molar-refractivity contribution in [1.29, 1.82) is 0 Å². The fraction of sp³-hybridized carbons (Fsp3) is 0.923. The van der Waals surface area contributed by atoms with Gasteiger partial charge in [-0.2, -0.15) is 0 Å². The lowest BCUT2D eigenvalue weighted by atomic mass is 9.62. The average molecular weight is 421 g/mol. The fourth-order valence-corrected chi connectivity index (χ4v) is 8.06. The van der Waals surface area contributed by atoms with Crippen molar-refractivity contribution in [2.75, 3.05) is 13.2 Å². The van der Waals surface area contributed by atoms with Gasteiger partial charge in [0.2, 0.25) is 0 Å². The fourth-order valence-electron chi connectivity index (χ4n) is 8.06. The number of hydrogen-bond donors (Lipinski definition) is 2. The Bertz CT molecular complexity index is 577. The van der Waals surface area contributed by atoms with Gasteiger partial charge in [0.1, 0.15) is 11.6 Å². The molecule has 0 aromatic carbocycles. The third-order valence-corrected chi connectivity index (χ3v) is 9.82. The van der Waals surface area contributed by atoms with Gasteiger partial charge in [-0.3, -0.25) is 9.59 Å². The maximum atomic E-state index is 11.9. The van der Waals surface area contributed by atoms with Gasteiger partial charge in [-0.15, -0.1) is 0 Å². The Hall–Kier alpha value is -0.740. The zero-order valence-corrected chi connectivity index (χ0v) is 19.7. The highest BCUT2D eigenvalue weighted by Crippen LogP contribution is 2.57. The van der Waals surface area contributed by atoms with Crippen molar-refractivity contribution < 1.29 is 19.8 Å². The van der Waals surface area contributed by atoms with E-state index in [1.165, 1.54) is 12.8 Å². The maximum absolute atomic E-state index is 11.9. The van der Waals surface area contributed by atoms with Gasteiger partial charge in [-0.05, 0) is 85.9 Å². The highest BCUT2D eigenvalue weighted by Gasteiger charge is 2.53. The Labute approximate surface area is 183 Å². The molecule has 4 aliphatic carbocycles. The van der Waals surface area contributed by atoms with Crippen LogP contribution in [0.15, 0.2) is 0 Å². The van der Waals surface area contributed by atoms with Crippen LogP contribution in [-0.4, -0.2) is 35.0 Å². The van der Waals surface area contributed by atoms with Crippen LogP contribution in [0, 0.1) is 46.3 Å².